The SMILES string of the molecule is c1cnc(CN(CCCCN(Cc2cnccn2)Cc2cnccn2)Cc2cnccn2)cn1. The van der Waals surface area contributed by atoms with E-state index in [1.165, 1.54) is 0 Å². The number of hydrogen-bond donors (Lipinski definition) is 0. The van der Waals surface area contributed by atoms with Crippen molar-refractivity contribution in [2.45, 2.75) is 39.0 Å². The molecule has 174 valence electrons. The first-order valence-electron chi connectivity index (χ1n) is 11.3. The summed E-state index contributed by atoms with van der Waals surface area (Å²) in [7, 11) is 0. The molecule has 10 nitrogen and oxygen atoms in total. The average Bonchev–Trinajstić information content (AvgIpc) is 2.89. The van der Waals surface area contributed by atoms with E-state index in [9.17, 15) is 0 Å². The Labute approximate surface area is 199 Å². The molecular weight excluding hydrogens is 428 g/mol. The van der Waals surface area contributed by atoms with Crippen molar-refractivity contribution < 1.29 is 0 Å². The first kappa shape index (κ1) is 23.4. The minimum Gasteiger partial charge on any atom is -0.292 e. The summed E-state index contributed by atoms with van der Waals surface area (Å²) in [5.41, 5.74) is 3.77. The van der Waals surface area contributed by atoms with Crippen LogP contribution >= 0.6 is 0 Å². The van der Waals surface area contributed by atoms with Crippen molar-refractivity contribution in [3.05, 3.63) is 97.1 Å². The third-order valence-corrected chi connectivity index (χ3v) is 5.21. The zero-order valence-electron chi connectivity index (χ0n) is 19.1. The van der Waals surface area contributed by atoms with Gasteiger partial charge < -0.3 is 0 Å². The standard InChI is InChI=1S/C24H28N10/c1(11-33(17-21-13-25-3-7-29-21)18-22-14-26-4-8-30-22)2-12-34(19-23-15-27-5-9-31-23)20-24-16-28-6-10-32-24/h3-10,13-16H,1-2,11-12,17-20H2. The second kappa shape index (κ2) is 13.1. The molecule has 10 heteroatoms. The molecule has 0 aliphatic heterocycles. The van der Waals surface area contributed by atoms with Gasteiger partial charge in [-0.2, -0.15) is 0 Å². The van der Waals surface area contributed by atoms with Crippen molar-refractivity contribution in [1.29, 1.82) is 0 Å². The Kier molecular flexibility index (Phi) is 8.99. The Balaban J connectivity index is 1.34. The number of nitrogens with zero attached hydrogens (tertiary/aromatic N) is 10. The van der Waals surface area contributed by atoms with Crippen molar-refractivity contribution in [3.63, 3.8) is 0 Å². The fourth-order valence-electron chi connectivity index (χ4n) is 3.66. The van der Waals surface area contributed by atoms with E-state index in [0.717, 1.165) is 48.7 Å². The lowest BCUT2D eigenvalue weighted by molar-refractivity contribution is 0.217. The predicted molar refractivity (Wildman–Crippen MR) is 126 cm³/mol. The highest BCUT2D eigenvalue weighted by atomic mass is 15.2. The van der Waals surface area contributed by atoms with E-state index < -0.39 is 0 Å². The molecule has 0 amide bonds. The first-order chi connectivity index (χ1) is 16.8. The zero-order chi connectivity index (χ0) is 23.3. The lowest BCUT2D eigenvalue weighted by atomic mass is 10.2. The van der Waals surface area contributed by atoms with Gasteiger partial charge in [0.25, 0.3) is 0 Å². The van der Waals surface area contributed by atoms with Crippen LogP contribution in [-0.4, -0.2) is 62.8 Å². The smallest absolute Gasteiger partial charge is 0.0726 e. The Morgan fingerprint density at radius 3 is 0.941 bits per heavy atom. The fourth-order valence-corrected chi connectivity index (χ4v) is 3.66. The summed E-state index contributed by atoms with van der Waals surface area (Å²) in [5, 5.41) is 0. The van der Waals surface area contributed by atoms with Gasteiger partial charge in [-0.15, -0.1) is 0 Å². The third-order valence-electron chi connectivity index (χ3n) is 5.21. The van der Waals surface area contributed by atoms with Crippen LogP contribution in [-0.2, 0) is 26.2 Å². The van der Waals surface area contributed by atoms with Crippen LogP contribution in [0.25, 0.3) is 0 Å². The van der Waals surface area contributed by atoms with Crippen LogP contribution in [0.4, 0.5) is 0 Å². The van der Waals surface area contributed by atoms with Crippen molar-refractivity contribution in [1.82, 2.24) is 49.7 Å². The summed E-state index contributed by atoms with van der Waals surface area (Å²) >= 11 is 0. The molecule has 0 saturated carbocycles. The van der Waals surface area contributed by atoms with E-state index in [0.29, 0.717) is 26.2 Å². The molecule has 0 fully saturated rings. The van der Waals surface area contributed by atoms with Gasteiger partial charge in [0.15, 0.2) is 0 Å². The minimum atomic E-state index is 0.716. The highest BCUT2D eigenvalue weighted by molar-refractivity contribution is 4.99. The second-order valence-corrected chi connectivity index (χ2v) is 7.92. The molecule has 0 aliphatic rings. The van der Waals surface area contributed by atoms with Crippen molar-refractivity contribution in [3.8, 4) is 0 Å². The molecule has 34 heavy (non-hydrogen) atoms. The van der Waals surface area contributed by atoms with Gasteiger partial charge in [0.05, 0.1) is 22.8 Å². The highest BCUT2D eigenvalue weighted by Crippen LogP contribution is 2.10. The Bertz CT molecular complexity index is 896. The summed E-state index contributed by atoms with van der Waals surface area (Å²) in [6, 6.07) is 0. The maximum absolute atomic E-state index is 4.44. The monoisotopic (exact) mass is 456 g/mol. The molecule has 0 bridgehead atoms. The van der Waals surface area contributed by atoms with E-state index in [-0.39, 0.29) is 0 Å². The van der Waals surface area contributed by atoms with Gasteiger partial charge in [-0.05, 0) is 25.9 Å². The Morgan fingerprint density at radius 2 is 0.706 bits per heavy atom. The number of hydrogen-bond acceptors (Lipinski definition) is 10. The van der Waals surface area contributed by atoms with Crippen molar-refractivity contribution in [2.75, 3.05) is 13.1 Å². The van der Waals surface area contributed by atoms with Gasteiger partial charge in [0, 0.05) is 101 Å². The Hall–Kier alpha value is -3.76. The molecule has 0 N–H and O–H groups in total. The van der Waals surface area contributed by atoms with Gasteiger partial charge in [-0.3, -0.25) is 49.7 Å². The van der Waals surface area contributed by atoms with Crippen LogP contribution in [0.1, 0.15) is 35.6 Å². The zero-order valence-corrected chi connectivity index (χ0v) is 19.1. The van der Waals surface area contributed by atoms with E-state index in [1.54, 1.807) is 49.6 Å². The lowest BCUT2D eigenvalue weighted by Crippen LogP contribution is -2.28. The quantitative estimate of drug-likeness (QED) is 0.278. The van der Waals surface area contributed by atoms with E-state index in [4.69, 9.17) is 0 Å². The molecular formula is C24H28N10. The van der Waals surface area contributed by atoms with Crippen LogP contribution in [0, 0.1) is 0 Å². The summed E-state index contributed by atoms with van der Waals surface area (Å²) in [5.74, 6) is 0. The van der Waals surface area contributed by atoms with Gasteiger partial charge in [0.2, 0.25) is 0 Å². The number of aromatic nitrogens is 8. The van der Waals surface area contributed by atoms with E-state index >= 15 is 0 Å². The van der Waals surface area contributed by atoms with Gasteiger partial charge in [-0.1, -0.05) is 0 Å². The maximum Gasteiger partial charge on any atom is 0.0726 e. The maximum atomic E-state index is 4.44. The summed E-state index contributed by atoms with van der Waals surface area (Å²) in [6.07, 6.45) is 23.0. The molecule has 0 atom stereocenters. The topological polar surface area (TPSA) is 110 Å². The second-order valence-electron chi connectivity index (χ2n) is 7.92. The van der Waals surface area contributed by atoms with Crippen LogP contribution in [0.15, 0.2) is 74.4 Å². The largest absolute Gasteiger partial charge is 0.292 e. The van der Waals surface area contributed by atoms with Crippen LogP contribution in [0.2, 0.25) is 0 Å². The first-order valence-corrected chi connectivity index (χ1v) is 11.3. The minimum absolute atomic E-state index is 0.716. The normalized spacial score (nSPS) is 11.2. The van der Waals surface area contributed by atoms with E-state index in [2.05, 4.69) is 49.7 Å². The lowest BCUT2D eigenvalue weighted by Gasteiger charge is -2.24. The predicted octanol–water partition coefficient (Wildman–Crippen LogP) is 2.33. The summed E-state index contributed by atoms with van der Waals surface area (Å²) < 4.78 is 0. The number of rotatable bonds is 13. The van der Waals surface area contributed by atoms with Crippen LogP contribution < -0.4 is 0 Å². The molecule has 0 aliphatic carbocycles. The van der Waals surface area contributed by atoms with Gasteiger partial charge in [0.1, 0.15) is 0 Å². The summed E-state index contributed by atoms with van der Waals surface area (Å²) in [4.78, 5) is 39.2. The molecule has 0 spiro atoms. The molecule has 4 aromatic heterocycles. The molecule has 0 radical (unpaired) electrons. The molecule has 0 aromatic carbocycles. The van der Waals surface area contributed by atoms with Crippen LogP contribution in [0.3, 0.4) is 0 Å². The van der Waals surface area contributed by atoms with E-state index in [1.807, 2.05) is 24.8 Å². The van der Waals surface area contributed by atoms with Crippen molar-refractivity contribution >= 4 is 0 Å². The molecule has 0 saturated heterocycles. The molecule has 0 unspecified atom stereocenters. The summed E-state index contributed by atoms with van der Waals surface area (Å²) in [6.45, 7) is 4.69. The Morgan fingerprint density at radius 1 is 0.412 bits per heavy atom. The van der Waals surface area contributed by atoms with Crippen molar-refractivity contribution in [2.24, 2.45) is 0 Å². The van der Waals surface area contributed by atoms with Crippen LogP contribution in [0.5, 0.6) is 0 Å². The number of unbranched alkanes of at least 4 members (excludes halogenated alkanes) is 1. The average molecular weight is 457 g/mol. The molecule has 4 heterocycles. The fraction of sp³-hybridized carbons (Fsp3) is 0.333. The highest BCUT2D eigenvalue weighted by Gasteiger charge is 2.12. The van der Waals surface area contributed by atoms with Gasteiger partial charge in [-0.25, -0.2) is 0 Å². The third kappa shape index (κ3) is 7.98. The molecule has 4 aromatic rings. The van der Waals surface area contributed by atoms with Gasteiger partial charge >= 0.3 is 0 Å². The molecule has 4 rings (SSSR count).